The molecule has 0 saturated carbocycles. The lowest BCUT2D eigenvalue weighted by atomic mass is 10.1. The van der Waals surface area contributed by atoms with Gasteiger partial charge in [0.15, 0.2) is 5.82 Å². The first-order valence-electron chi connectivity index (χ1n) is 10.7. The minimum absolute atomic E-state index is 0.217. The Labute approximate surface area is 203 Å². The van der Waals surface area contributed by atoms with Crippen LogP contribution in [0, 0.1) is 0 Å². The number of nitrogen functional groups attached to an aromatic ring is 1. The van der Waals surface area contributed by atoms with Crippen LogP contribution in [0.15, 0.2) is 61.2 Å². The number of hydrogen-bond acceptors (Lipinski definition) is 8. The van der Waals surface area contributed by atoms with Gasteiger partial charge in [-0.15, -0.1) is 5.10 Å². The third-order valence-electron chi connectivity index (χ3n) is 5.48. The summed E-state index contributed by atoms with van der Waals surface area (Å²) < 4.78 is 3.37. The number of H-pyrrole nitrogens is 1. The Hall–Kier alpha value is -4.64. The van der Waals surface area contributed by atoms with Crippen LogP contribution in [0.2, 0.25) is 5.02 Å². The normalized spacial score (nSPS) is 11.4. The van der Waals surface area contributed by atoms with E-state index in [1.807, 2.05) is 49.6 Å². The molecule has 0 radical (unpaired) electrons. The second-order valence-electron chi connectivity index (χ2n) is 7.94. The van der Waals surface area contributed by atoms with Crippen LogP contribution in [0.5, 0.6) is 0 Å². The van der Waals surface area contributed by atoms with Gasteiger partial charge in [0.2, 0.25) is 0 Å². The first-order chi connectivity index (χ1) is 17.0. The summed E-state index contributed by atoms with van der Waals surface area (Å²) in [6, 6.07) is 11.3. The molecule has 0 aliphatic rings. The van der Waals surface area contributed by atoms with Gasteiger partial charge in [0.1, 0.15) is 22.8 Å². The zero-order valence-corrected chi connectivity index (χ0v) is 19.2. The summed E-state index contributed by atoms with van der Waals surface area (Å²) in [4.78, 5) is 13.9. The van der Waals surface area contributed by atoms with Crippen LogP contribution < -0.4 is 5.73 Å². The zero-order valence-electron chi connectivity index (χ0n) is 18.5. The topological polar surface area (TPSA) is 142 Å². The van der Waals surface area contributed by atoms with Crippen molar-refractivity contribution in [2.24, 2.45) is 7.05 Å². The van der Waals surface area contributed by atoms with Crippen LogP contribution in [-0.2, 0) is 13.6 Å². The van der Waals surface area contributed by atoms with E-state index in [1.165, 1.54) is 0 Å². The van der Waals surface area contributed by atoms with Crippen LogP contribution in [-0.4, -0.2) is 49.9 Å². The number of anilines is 1. The van der Waals surface area contributed by atoms with E-state index < -0.39 is 0 Å². The number of halogens is 1. The third kappa shape index (κ3) is 3.87. The molecule has 6 aromatic rings. The van der Waals surface area contributed by atoms with Crippen LogP contribution in [0.25, 0.3) is 44.9 Å². The molecule has 0 aliphatic carbocycles. The summed E-state index contributed by atoms with van der Waals surface area (Å²) in [6.07, 6.45) is 7.05. The van der Waals surface area contributed by atoms with E-state index in [0.29, 0.717) is 40.0 Å². The van der Waals surface area contributed by atoms with E-state index in [-0.39, 0.29) is 5.82 Å². The molecule has 12 heteroatoms. The standard InChI is InChI=1S/C23H18ClN11/c1-34-7-5-17(32-34)21-20(13-8-14-10-27-31-19(14)16(24)9-13)28-22(23(25)29-21)18-12-35(33-30-18)11-15-4-2-3-6-26-15/h2-10,12H,11H2,1H3,(H2,25,29)(H,27,31). The van der Waals surface area contributed by atoms with Gasteiger partial charge >= 0.3 is 0 Å². The van der Waals surface area contributed by atoms with Crippen LogP contribution in [0.4, 0.5) is 5.82 Å². The third-order valence-corrected chi connectivity index (χ3v) is 5.78. The van der Waals surface area contributed by atoms with Crippen LogP contribution in [0.1, 0.15) is 5.69 Å². The predicted octanol–water partition coefficient (Wildman–Crippen LogP) is 3.36. The molecule has 35 heavy (non-hydrogen) atoms. The highest BCUT2D eigenvalue weighted by atomic mass is 35.5. The van der Waals surface area contributed by atoms with E-state index in [1.54, 1.807) is 28.0 Å². The molecule has 5 aromatic heterocycles. The van der Waals surface area contributed by atoms with Gasteiger partial charge in [-0.2, -0.15) is 10.2 Å². The highest BCUT2D eigenvalue weighted by Crippen LogP contribution is 2.36. The number of rotatable bonds is 5. The van der Waals surface area contributed by atoms with Gasteiger partial charge in [0.25, 0.3) is 0 Å². The highest BCUT2D eigenvalue weighted by Gasteiger charge is 2.21. The molecule has 6 rings (SSSR count). The number of aromatic amines is 1. The number of pyridine rings is 1. The molecule has 5 heterocycles. The molecule has 172 valence electrons. The number of fused-ring (bicyclic) bond motifs is 1. The SMILES string of the molecule is Cn1ccc(-c2nc(N)c(-c3cn(Cc4ccccn4)nn3)nc2-c2cc(Cl)c3[nH]ncc3c2)n1. The van der Waals surface area contributed by atoms with Crippen molar-refractivity contribution in [2.45, 2.75) is 6.54 Å². The Morgan fingerprint density at radius 1 is 1.06 bits per heavy atom. The van der Waals surface area contributed by atoms with E-state index in [2.05, 4.69) is 35.6 Å². The average Bonchev–Trinajstić information content (AvgIpc) is 3.61. The van der Waals surface area contributed by atoms with Crippen LogP contribution in [0.3, 0.4) is 0 Å². The number of aromatic nitrogens is 10. The lowest BCUT2D eigenvalue weighted by molar-refractivity contribution is 0.639. The zero-order chi connectivity index (χ0) is 23.9. The largest absolute Gasteiger partial charge is 0.382 e. The van der Waals surface area contributed by atoms with Crippen molar-refractivity contribution in [1.82, 2.24) is 49.9 Å². The molecular formula is C23H18ClN11. The van der Waals surface area contributed by atoms with E-state index in [9.17, 15) is 0 Å². The smallest absolute Gasteiger partial charge is 0.152 e. The number of aryl methyl sites for hydroxylation is 1. The summed E-state index contributed by atoms with van der Waals surface area (Å²) in [5, 5.41) is 21.4. The van der Waals surface area contributed by atoms with E-state index in [0.717, 1.165) is 22.2 Å². The number of hydrogen-bond donors (Lipinski definition) is 2. The number of nitrogens with zero attached hydrogens (tertiary/aromatic N) is 9. The van der Waals surface area contributed by atoms with Crippen molar-refractivity contribution < 1.29 is 0 Å². The fourth-order valence-corrected chi connectivity index (χ4v) is 4.12. The molecule has 0 spiro atoms. The molecule has 0 unspecified atom stereocenters. The van der Waals surface area contributed by atoms with Gasteiger partial charge in [-0.25, -0.2) is 14.6 Å². The molecule has 1 aromatic carbocycles. The van der Waals surface area contributed by atoms with Gasteiger partial charge in [0.05, 0.1) is 40.9 Å². The predicted molar refractivity (Wildman–Crippen MR) is 131 cm³/mol. The summed E-state index contributed by atoms with van der Waals surface area (Å²) in [7, 11) is 1.84. The molecular weight excluding hydrogens is 466 g/mol. The average molecular weight is 484 g/mol. The monoisotopic (exact) mass is 483 g/mol. The fraction of sp³-hybridized carbons (Fsp3) is 0.0870. The van der Waals surface area contributed by atoms with E-state index in [4.69, 9.17) is 22.3 Å². The van der Waals surface area contributed by atoms with Crippen molar-refractivity contribution >= 4 is 28.3 Å². The molecule has 11 nitrogen and oxygen atoms in total. The first-order valence-corrected chi connectivity index (χ1v) is 11.0. The summed E-state index contributed by atoms with van der Waals surface area (Å²) >= 11 is 6.53. The Bertz CT molecular complexity index is 1670. The number of nitrogens with one attached hydrogen (secondary N) is 1. The van der Waals surface area contributed by atoms with Crippen molar-refractivity contribution in [2.75, 3.05) is 5.73 Å². The maximum atomic E-state index is 6.53. The summed E-state index contributed by atoms with van der Waals surface area (Å²) in [5.41, 5.74) is 11.4. The molecule has 0 amide bonds. The van der Waals surface area contributed by atoms with Gasteiger partial charge in [-0.3, -0.25) is 14.8 Å². The minimum Gasteiger partial charge on any atom is -0.382 e. The number of benzene rings is 1. The quantitative estimate of drug-likeness (QED) is 0.380. The van der Waals surface area contributed by atoms with Gasteiger partial charge < -0.3 is 5.73 Å². The maximum absolute atomic E-state index is 6.53. The van der Waals surface area contributed by atoms with Crippen molar-refractivity contribution in [1.29, 1.82) is 0 Å². The van der Waals surface area contributed by atoms with Gasteiger partial charge in [-0.05, 0) is 30.3 Å². The Kier molecular flexibility index (Phi) is 4.96. The molecule has 0 atom stereocenters. The van der Waals surface area contributed by atoms with Crippen LogP contribution >= 0.6 is 11.6 Å². The molecule has 0 bridgehead atoms. The van der Waals surface area contributed by atoms with Gasteiger partial charge in [-0.1, -0.05) is 22.9 Å². The summed E-state index contributed by atoms with van der Waals surface area (Å²) in [6.45, 7) is 0.465. The highest BCUT2D eigenvalue weighted by molar-refractivity contribution is 6.35. The number of nitrogens with two attached hydrogens (primary N) is 1. The molecule has 0 aliphatic heterocycles. The molecule has 0 fully saturated rings. The second-order valence-corrected chi connectivity index (χ2v) is 8.35. The second kappa shape index (κ2) is 8.29. The fourth-order valence-electron chi connectivity index (χ4n) is 3.85. The Balaban J connectivity index is 1.49. The molecule has 3 N–H and O–H groups in total. The molecule has 0 saturated heterocycles. The van der Waals surface area contributed by atoms with Gasteiger partial charge in [0, 0.05) is 30.4 Å². The van der Waals surface area contributed by atoms with Crippen molar-refractivity contribution in [3.05, 3.63) is 71.9 Å². The lowest BCUT2D eigenvalue weighted by Crippen LogP contribution is -2.04. The first kappa shape index (κ1) is 20.9. The van der Waals surface area contributed by atoms with Crippen molar-refractivity contribution in [3.63, 3.8) is 0 Å². The minimum atomic E-state index is 0.217. The maximum Gasteiger partial charge on any atom is 0.152 e. The van der Waals surface area contributed by atoms with Crippen molar-refractivity contribution in [3.8, 4) is 34.0 Å². The Morgan fingerprint density at radius 3 is 2.77 bits per heavy atom. The Morgan fingerprint density at radius 2 is 1.97 bits per heavy atom. The lowest BCUT2D eigenvalue weighted by Gasteiger charge is -2.11. The van der Waals surface area contributed by atoms with E-state index >= 15 is 0 Å². The summed E-state index contributed by atoms with van der Waals surface area (Å²) in [5.74, 6) is 0.217.